The van der Waals surface area contributed by atoms with E-state index in [9.17, 15) is 19.5 Å². The smallest absolute Gasteiger partial charge is 0.415 e. The molecule has 9 nitrogen and oxygen atoms in total. The molecule has 34 heavy (non-hydrogen) atoms. The van der Waals surface area contributed by atoms with Gasteiger partial charge in [-0.1, -0.05) is 36.4 Å². The van der Waals surface area contributed by atoms with Gasteiger partial charge in [-0.05, 0) is 62.6 Å². The number of hydrogen-bond donors (Lipinski definition) is 3. The number of fused-ring (bicyclic) bond motifs is 1. The van der Waals surface area contributed by atoms with Crippen LogP contribution in [0.5, 0.6) is 0 Å². The first kappa shape index (κ1) is 23.6. The number of nitrogens with two attached hydrogens (primary N) is 1. The first-order valence-corrected chi connectivity index (χ1v) is 11.3. The Kier molecular flexibility index (Phi) is 5.99. The molecule has 0 bridgehead atoms. The minimum atomic E-state index is -1.66. The lowest BCUT2D eigenvalue weighted by Crippen LogP contribution is -2.54. The van der Waals surface area contributed by atoms with Crippen molar-refractivity contribution >= 4 is 23.8 Å². The fraction of sp³-hybridized carbons (Fsp3) is 0.400. The standard InChI is InChI=1S/C25H30N4O5/c1-24(2,3)34-23(33)29(19-12-13-27-14-19)18-10-8-17(9-11-18)25(21(26)30)20-7-5-4-6-16(20)15-28(25)22(31)32/h4-11,19,27H,12-15H2,1-3H3,(H2,26,30)(H,31,32). The Morgan fingerprint density at radius 1 is 1.15 bits per heavy atom. The van der Waals surface area contributed by atoms with Crippen LogP contribution in [0.2, 0.25) is 0 Å². The van der Waals surface area contributed by atoms with Crippen molar-refractivity contribution in [3.05, 3.63) is 65.2 Å². The van der Waals surface area contributed by atoms with Crippen molar-refractivity contribution in [1.29, 1.82) is 0 Å². The van der Waals surface area contributed by atoms with Gasteiger partial charge in [0.15, 0.2) is 5.54 Å². The fourth-order valence-electron chi connectivity index (χ4n) is 4.88. The van der Waals surface area contributed by atoms with Gasteiger partial charge in [-0.25, -0.2) is 9.59 Å². The van der Waals surface area contributed by atoms with Crippen LogP contribution < -0.4 is 16.0 Å². The SMILES string of the molecule is CC(C)(C)OC(=O)N(c1ccc(C2(C(N)=O)c3ccccc3CN2C(=O)O)cc1)C1CCNC1. The average molecular weight is 467 g/mol. The van der Waals surface area contributed by atoms with E-state index in [1.807, 2.05) is 20.8 Å². The van der Waals surface area contributed by atoms with E-state index in [1.165, 1.54) is 0 Å². The highest BCUT2D eigenvalue weighted by Crippen LogP contribution is 2.44. The van der Waals surface area contributed by atoms with Gasteiger partial charge in [0, 0.05) is 12.2 Å². The molecule has 0 spiro atoms. The molecular weight excluding hydrogens is 436 g/mol. The van der Waals surface area contributed by atoms with Crippen LogP contribution in [-0.4, -0.2) is 52.8 Å². The Balaban J connectivity index is 1.78. The van der Waals surface area contributed by atoms with E-state index in [0.717, 1.165) is 23.4 Å². The summed E-state index contributed by atoms with van der Waals surface area (Å²) in [6, 6.07) is 13.7. The summed E-state index contributed by atoms with van der Waals surface area (Å²) in [4.78, 5) is 40.9. The van der Waals surface area contributed by atoms with E-state index >= 15 is 0 Å². The second-order valence-electron chi connectivity index (χ2n) is 9.64. The van der Waals surface area contributed by atoms with Gasteiger partial charge in [-0.3, -0.25) is 14.6 Å². The predicted octanol–water partition coefficient (Wildman–Crippen LogP) is 3.01. The molecule has 2 aromatic rings. The second kappa shape index (κ2) is 8.64. The topological polar surface area (TPSA) is 125 Å². The van der Waals surface area contributed by atoms with Crippen molar-refractivity contribution in [1.82, 2.24) is 10.2 Å². The fourth-order valence-corrected chi connectivity index (χ4v) is 4.88. The van der Waals surface area contributed by atoms with Gasteiger partial charge in [0.2, 0.25) is 0 Å². The van der Waals surface area contributed by atoms with Gasteiger partial charge in [0.05, 0.1) is 12.6 Å². The first-order valence-electron chi connectivity index (χ1n) is 11.3. The third-order valence-electron chi connectivity index (χ3n) is 6.28. The molecule has 3 amide bonds. The summed E-state index contributed by atoms with van der Waals surface area (Å²) < 4.78 is 5.65. The Labute approximate surface area is 198 Å². The first-order chi connectivity index (χ1) is 16.1. The molecule has 2 aromatic carbocycles. The maximum Gasteiger partial charge on any atom is 0.415 e. The number of primary amides is 1. The van der Waals surface area contributed by atoms with Gasteiger partial charge in [0.1, 0.15) is 5.60 Å². The third kappa shape index (κ3) is 3.96. The lowest BCUT2D eigenvalue weighted by Gasteiger charge is -2.36. The Morgan fingerprint density at radius 2 is 1.82 bits per heavy atom. The zero-order chi connectivity index (χ0) is 24.7. The molecule has 1 fully saturated rings. The van der Waals surface area contributed by atoms with Gasteiger partial charge in [-0.15, -0.1) is 0 Å². The highest BCUT2D eigenvalue weighted by atomic mass is 16.6. The van der Waals surface area contributed by atoms with Crippen molar-refractivity contribution in [2.75, 3.05) is 18.0 Å². The molecule has 9 heteroatoms. The number of benzene rings is 2. The molecule has 2 aliphatic heterocycles. The summed E-state index contributed by atoms with van der Waals surface area (Å²) in [6.45, 7) is 6.91. The lowest BCUT2D eigenvalue weighted by atomic mass is 9.82. The van der Waals surface area contributed by atoms with Crippen LogP contribution >= 0.6 is 0 Å². The average Bonchev–Trinajstić information content (AvgIpc) is 3.40. The molecule has 1 saturated heterocycles. The molecule has 2 heterocycles. The van der Waals surface area contributed by atoms with Crippen LogP contribution in [0.1, 0.15) is 43.9 Å². The maximum absolute atomic E-state index is 13.1. The molecule has 2 atom stereocenters. The van der Waals surface area contributed by atoms with Crippen molar-refractivity contribution in [2.24, 2.45) is 5.73 Å². The van der Waals surface area contributed by atoms with E-state index in [1.54, 1.807) is 53.4 Å². The number of nitrogens with one attached hydrogen (secondary N) is 1. The molecule has 4 rings (SSSR count). The molecule has 0 aromatic heterocycles. The largest absolute Gasteiger partial charge is 0.465 e. The number of amides is 3. The van der Waals surface area contributed by atoms with Crippen molar-refractivity contribution in [3.8, 4) is 0 Å². The maximum atomic E-state index is 13.1. The monoisotopic (exact) mass is 466 g/mol. The quantitative estimate of drug-likeness (QED) is 0.636. The molecule has 2 unspecified atom stereocenters. The summed E-state index contributed by atoms with van der Waals surface area (Å²) >= 11 is 0. The third-order valence-corrected chi connectivity index (χ3v) is 6.28. The summed E-state index contributed by atoms with van der Waals surface area (Å²) in [5.41, 5.74) is 5.85. The molecule has 2 aliphatic rings. The normalized spacial score (nSPS) is 21.7. The molecule has 0 saturated carbocycles. The zero-order valence-electron chi connectivity index (χ0n) is 19.6. The van der Waals surface area contributed by atoms with Gasteiger partial charge >= 0.3 is 12.2 Å². The van der Waals surface area contributed by atoms with Crippen molar-refractivity contribution in [3.63, 3.8) is 0 Å². The molecule has 0 radical (unpaired) electrons. The van der Waals surface area contributed by atoms with E-state index in [2.05, 4.69) is 5.32 Å². The Morgan fingerprint density at radius 3 is 2.38 bits per heavy atom. The highest BCUT2D eigenvalue weighted by molar-refractivity contribution is 5.95. The number of carboxylic acid groups (broad SMARTS) is 1. The molecular formula is C25H30N4O5. The van der Waals surface area contributed by atoms with Gasteiger partial charge in [-0.2, -0.15) is 0 Å². The second-order valence-corrected chi connectivity index (χ2v) is 9.64. The van der Waals surface area contributed by atoms with Crippen LogP contribution in [0.4, 0.5) is 15.3 Å². The van der Waals surface area contributed by atoms with E-state index in [0.29, 0.717) is 23.4 Å². The van der Waals surface area contributed by atoms with Crippen LogP contribution in [-0.2, 0) is 21.6 Å². The number of hydrogen-bond acceptors (Lipinski definition) is 5. The number of ether oxygens (including phenoxy) is 1. The Bertz CT molecular complexity index is 1110. The number of carbonyl (C=O) groups is 3. The Hall–Kier alpha value is -3.59. The van der Waals surface area contributed by atoms with Crippen LogP contribution in [0.15, 0.2) is 48.5 Å². The number of anilines is 1. The lowest BCUT2D eigenvalue weighted by molar-refractivity contribution is -0.126. The predicted molar refractivity (Wildman–Crippen MR) is 126 cm³/mol. The van der Waals surface area contributed by atoms with Crippen LogP contribution in [0.3, 0.4) is 0 Å². The van der Waals surface area contributed by atoms with Crippen molar-refractivity contribution in [2.45, 2.75) is 50.9 Å². The number of rotatable bonds is 4. The van der Waals surface area contributed by atoms with E-state index in [4.69, 9.17) is 10.5 Å². The van der Waals surface area contributed by atoms with Crippen LogP contribution in [0, 0.1) is 0 Å². The zero-order valence-corrected chi connectivity index (χ0v) is 19.6. The summed E-state index contributed by atoms with van der Waals surface area (Å²) in [7, 11) is 0. The molecule has 0 aliphatic carbocycles. The molecule has 4 N–H and O–H groups in total. The van der Waals surface area contributed by atoms with E-state index in [-0.39, 0.29) is 12.6 Å². The summed E-state index contributed by atoms with van der Waals surface area (Å²) in [5, 5.41) is 13.2. The highest BCUT2D eigenvalue weighted by Gasteiger charge is 2.53. The van der Waals surface area contributed by atoms with Crippen molar-refractivity contribution < 1.29 is 24.2 Å². The minimum Gasteiger partial charge on any atom is -0.465 e. The molecule has 180 valence electrons. The number of carbonyl (C=O) groups excluding carboxylic acids is 2. The van der Waals surface area contributed by atoms with Crippen LogP contribution in [0.25, 0.3) is 0 Å². The van der Waals surface area contributed by atoms with E-state index < -0.39 is 29.2 Å². The van der Waals surface area contributed by atoms with Gasteiger partial charge in [0.25, 0.3) is 5.91 Å². The number of nitrogens with zero attached hydrogens (tertiary/aromatic N) is 2. The summed E-state index contributed by atoms with van der Waals surface area (Å²) in [5.74, 6) is -0.781. The van der Waals surface area contributed by atoms with Gasteiger partial charge < -0.3 is 20.9 Å². The minimum absolute atomic E-state index is 0.0496. The summed E-state index contributed by atoms with van der Waals surface area (Å²) in [6.07, 6.45) is -0.935.